The van der Waals surface area contributed by atoms with Crippen LogP contribution in [0.5, 0.6) is 6.01 Å². The van der Waals surface area contributed by atoms with Gasteiger partial charge in [0.15, 0.2) is 0 Å². The van der Waals surface area contributed by atoms with Crippen molar-refractivity contribution in [2.45, 2.75) is 6.61 Å². The van der Waals surface area contributed by atoms with Gasteiger partial charge < -0.3 is 19.8 Å². The number of methoxy groups -OCH3 is 1. The van der Waals surface area contributed by atoms with E-state index in [-0.39, 0.29) is 40.1 Å². The van der Waals surface area contributed by atoms with Gasteiger partial charge in [-0.3, -0.25) is 9.59 Å². The average Bonchev–Trinajstić information content (AvgIpc) is 2.83. The molecule has 0 spiro atoms. The standard InChI is InChI=1S/C23H17ClN4O5/c1-32-23-25-11-15-9-16(21(30)27-19(15)28-23)20(29)26-18-10-14(7-8-17(18)24)22(31)33-12-13-5-3-2-4-6-13/h2-11H,12H2,1H3,(H,26,29)(H,25,27,28,30). The minimum atomic E-state index is -0.717. The molecule has 0 atom stereocenters. The third-order valence-electron chi connectivity index (χ3n) is 4.66. The molecule has 0 bridgehead atoms. The minimum absolute atomic E-state index is 0.0816. The van der Waals surface area contributed by atoms with E-state index >= 15 is 0 Å². The molecule has 2 N–H and O–H groups in total. The Hall–Kier alpha value is -4.24. The molecule has 1 amide bonds. The maximum atomic E-state index is 12.8. The number of H-pyrrole nitrogens is 1. The Bertz CT molecular complexity index is 1410. The highest BCUT2D eigenvalue weighted by molar-refractivity contribution is 6.34. The van der Waals surface area contributed by atoms with Crippen LogP contribution in [0, 0.1) is 0 Å². The largest absolute Gasteiger partial charge is 0.467 e. The highest BCUT2D eigenvalue weighted by Gasteiger charge is 2.17. The van der Waals surface area contributed by atoms with Crippen molar-refractivity contribution in [2.75, 3.05) is 12.4 Å². The van der Waals surface area contributed by atoms with Crippen LogP contribution >= 0.6 is 11.6 Å². The van der Waals surface area contributed by atoms with Gasteiger partial charge >= 0.3 is 12.0 Å². The molecule has 0 aliphatic rings. The summed E-state index contributed by atoms with van der Waals surface area (Å²) in [5.74, 6) is -1.30. The van der Waals surface area contributed by atoms with Crippen LogP contribution in [0.1, 0.15) is 26.3 Å². The molecule has 2 aromatic heterocycles. The van der Waals surface area contributed by atoms with E-state index in [2.05, 4.69) is 20.3 Å². The predicted octanol–water partition coefficient (Wildman–Crippen LogP) is 3.59. The molecule has 33 heavy (non-hydrogen) atoms. The van der Waals surface area contributed by atoms with E-state index in [9.17, 15) is 14.4 Å². The van der Waals surface area contributed by atoms with Gasteiger partial charge in [0, 0.05) is 11.6 Å². The second-order valence-electron chi connectivity index (χ2n) is 6.88. The number of fused-ring (bicyclic) bond motifs is 1. The Morgan fingerprint density at radius 2 is 1.91 bits per heavy atom. The van der Waals surface area contributed by atoms with Crippen molar-refractivity contribution in [3.8, 4) is 6.01 Å². The summed E-state index contributed by atoms with van der Waals surface area (Å²) in [6.07, 6.45) is 1.42. The van der Waals surface area contributed by atoms with Crippen LogP contribution in [0.4, 0.5) is 5.69 Å². The van der Waals surface area contributed by atoms with E-state index in [1.54, 1.807) is 0 Å². The molecular weight excluding hydrogens is 448 g/mol. The van der Waals surface area contributed by atoms with E-state index in [0.29, 0.717) is 5.39 Å². The maximum Gasteiger partial charge on any atom is 0.338 e. The van der Waals surface area contributed by atoms with Crippen LogP contribution < -0.4 is 15.6 Å². The molecule has 4 aromatic rings. The average molecular weight is 465 g/mol. The Morgan fingerprint density at radius 1 is 1.12 bits per heavy atom. The zero-order chi connectivity index (χ0) is 23.4. The summed E-state index contributed by atoms with van der Waals surface area (Å²) in [5.41, 5.74) is 0.578. The number of carbonyl (C=O) groups is 2. The number of ether oxygens (including phenoxy) is 2. The number of anilines is 1. The molecule has 0 aliphatic carbocycles. The van der Waals surface area contributed by atoms with Crippen molar-refractivity contribution in [3.05, 3.63) is 92.9 Å². The zero-order valence-electron chi connectivity index (χ0n) is 17.3. The Kier molecular flexibility index (Phi) is 6.32. The van der Waals surface area contributed by atoms with Gasteiger partial charge in [-0.05, 0) is 29.8 Å². The lowest BCUT2D eigenvalue weighted by Crippen LogP contribution is -2.23. The zero-order valence-corrected chi connectivity index (χ0v) is 18.1. The van der Waals surface area contributed by atoms with Crippen molar-refractivity contribution in [2.24, 2.45) is 0 Å². The summed E-state index contributed by atoms with van der Waals surface area (Å²) in [4.78, 5) is 48.1. The maximum absolute atomic E-state index is 12.8. The first-order chi connectivity index (χ1) is 15.9. The van der Waals surface area contributed by atoms with Crippen LogP contribution in [0.3, 0.4) is 0 Å². The van der Waals surface area contributed by atoms with Crippen LogP contribution in [-0.4, -0.2) is 33.9 Å². The molecule has 2 heterocycles. The molecule has 10 heteroatoms. The van der Waals surface area contributed by atoms with Gasteiger partial charge in [-0.2, -0.15) is 4.98 Å². The molecule has 0 fully saturated rings. The number of benzene rings is 2. The predicted molar refractivity (Wildman–Crippen MR) is 122 cm³/mol. The lowest BCUT2D eigenvalue weighted by Gasteiger charge is -2.10. The van der Waals surface area contributed by atoms with Crippen LogP contribution in [0.15, 0.2) is 65.6 Å². The van der Waals surface area contributed by atoms with Gasteiger partial charge in [0.25, 0.3) is 11.5 Å². The molecule has 0 saturated carbocycles. The number of halogens is 1. The number of pyridine rings is 1. The third kappa shape index (κ3) is 4.99. The summed E-state index contributed by atoms with van der Waals surface area (Å²) in [5, 5.41) is 3.18. The first kappa shape index (κ1) is 22.0. The number of aromatic amines is 1. The number of esters is 1. The second kappa shape index (κ2) is 9.49. The smallest absolute Gasteiger partial charge is 0.338 e. The van der Waals surface area contributed by atoms with Gasteiger partial charge in [0.1, 0.15) is 17.8 Å². The summed E-state index contributed by atoms with van der Waals surface area (Å²) < 4.78 is 10.2. The quantitative estimate of drug-likeness (QED) is 0.418. The number of amides is 1. The number of aromatic nitrogens is 3. The van der Waals surface area contributed by atoms with Crippen molar-refractivity contribution in [1.29, 1.82) is 0 Å². The molecular formula is C23H17ClN4O5. The molecule has 0 unspecified atom stereocenters. The number of hydrogen-bond donors (Lipinski definition) is 2. The van der Waals surface area contributed by atoms with Crippen molar-refractivity contribution >= 4 is 40.2 Å². The highest BCUT2D eigenvalue weighted by atomic mass is 35.5. The first-order valence-electron chi connectivity index (χ1n) is 9.70. The second-order valence-corrected chi connectivity index (χ2v) is 7.29. The Balaban J connectivity index is 1.53. The topological polar surface area (TPSA) is 123 Å². The van der Waals surface area contributed by atoms with Gasteiger partial charge in [0.2, 0.25) is 0 Å². The normalized spacial score (nSPS) is 10.6. The Labute approximate surface area is 192 Å². The van der Waals surface area contributed by atoms with Crippen molar-refractivity contribution < 1.29 is 19.1 Å². The lowest BCUT2D eigenvalue weighted by molar-refractivity contribution is 0.0472. The van der Waals surface area contributed by atoms with E-state index in [4.69, 9.17) is 21.1 Å². The molecule has 0 aliphatic heterocycles. The number of hydrogen-bond acceptors (Lipinski definition) is 7. The molecule has 4 rings (SSSR count). The van der Waals surface area contributed by atoms with Gasteiger partial charge in [-0.1, -0.05) is 41.9 Å². The molecule has 2 aromatic carbocycles. The number of nitrogens with one attached hydrogen (secondary N) is 2. The minimum Gasteiger partial charge on any atom is -0.467 e. The summed E-state index contributed by atoms with van der Waals surface area (Å²) in [6, 6.07) is 15.0. The summed E-state index contributed by atoms with van der Waals surface area (Å²) in [6.45, 7) is 0.101. The fraction of sp³-hybridized carbons (Fsp3) is 0.0870. The molecule has 166 valence electrons. The highest BCUT2D eigenvalue weighted by Crippen LogP contribution is 2.24. The Morgan fingerprint density at radius 3 is 2.67 bits per heavy atom. The number of carbonyl (C=O) groups excluding carboxylic acids is 2. The van der Waals surface area contributed by atoms with Gasteiger partial charge in [0.05, 0.1) is 23.4 Å². The van der Waals surface area contributed by atoms with E-state index in [1.807, 2.05) is 30.3 Å². The van der Waals surface area contributed by atoms with E-state index in [1.165, 1.54) is 37.6 Å². The van der Waals surface area contributed by atoms with E-state index < -0.39 is 17.4 Å². The van der Waals surface area contributed by atoms with Crippen LogP contribution in [0.2, 0.25) is 5.02 Å². The monoisotopic (exact) mass is 464 g/mol. The fourth-order valence-electron chi connectivity index (χ4n) is 2.99. The van der Waals surface area contributed by atoms with Gasteiger partial charge in [-0.25, -0.2) is 9.78 Å². The van der Waals surface area contributed by atoms with Crippen molar-refractivity contribution in [3.63, 3.8) is 0 Å². The fourth-order valence-corrected chi connectivity index (χ4v) is 3.15. The first-order valence-corrected chi connectivity index (χ1v) is 10.1. The molecule has 0 radical (unpaired) electrons. The van der Waals surface area contributed by atoms with Crippen molar-refractivity contribution in [1.82, 2.24) is 15.0 Å². The molecule has 9 nitrogen and oxygen atoms in total. The lowest BCUT2D eigenvalue weighted by atomic mass is 10.1. The molecule has 0 saturated heterocycles. The van der Waals surface area contributed by atoms with Crippen LogP contribution in [-0.2, 0) is 11.3 Å². The number of rotatable bonds is 6. The number of nitrogens with zero attached hydrogens (tertiary/aromatic N) is 2. The van der Waals surface area contributed by atoms with Gasteiger partial charge in [-0.15, -0.1) is 0 Å². The summed E-state index contributed by atoms with van der Waals surface area (Å²) >= 11 is 6.19. The summed E-state index contributed by atoms with van der Waals surface area (Å²) in [7, 11) is 1.40. The van der Waals surface area contributed by atoms with E-state index in [0.717, 1.165) is 5.56 Å². The third-order valence-corrected chi connectivity index (χ3v) is 4.99. The van der Waals surface area contributed by atoms with Crippen LogP contribution in [0.25, 0.3) is 11.0 Å². The SMILES string of the molecule is COc1ncc2cc(C(=O)Nc3cc(C(=O)OCc4ccccc4)ccc3Cl)c(=O)[nH]c2n1.